The second kappa shape index (κ2) is 6.65. The zero-order valence-electron chi connectivity index (χ0n) is 12.1. The molecule has 0 aliphatic heterocycles. The molecule has 0 aromatic heterocycles. The molecule has 1 unspecified atom stereocenters. The molecule has 2 aromatic carbocycles. The predicted octanol–water partition coefficient (Wildman–Crippen LogP) is 3.36. The molecule has 4 N–H and O–H groups in total. The second-order valence-corrected chi connectivity index (χ2v) is 4.68. The number of anilines is 2. The Bertz CT molecular complexity index is 611. The van der Waals surface area contributed by atoms with Crippen molar-refractivity contribution in [2.75, 3.05) is 17.7 Å². The first kappa shape index (κ1) is 14.7. The van der Waals surface area contributed by atoms with E-state index >= 15 is 0 Å². The summed E-state index contributed by atoms with van der Waals surface area (Å²) in [4.78, 5) is 10.8. The Hall–Kier alpha value is -2.69. The van der Waals surface area contributed by atoms with Gasteiger partial charge in [-0.25, -0.2) is 4.79 Å². The van der Waals surface area contributed by atoms with Crippen LogP contribution in [0.4, 0.5) is 16.2 Å². The number of amides is 2. The van der Waals surface area contributed by atoms with Crippen LogP contribution in [0.15, 0.2) is 48.5 Å². The van der Waals surface area contributed by atoms with Crippen molar-refractivity contribution < 1.29 is 9.53 Å². The van der Waals surface area contributed by atoms with Crippen molar-refractivity contribution in [3.05, 3.63) is 54.1 Å². The van der Waals surface area contributed by atoms with Gasteiger partial charge < -0.3 is 21.1 Å². The number of urea groups is 1. The lowest BCUT2D eigenvalue weighted by Gasteiger charge is -2.18. The van der Waals surface area contributed by atoms with Gasteiger partial charge in [0.1, 0.15) is 5.75 Å². The van der Waals surface area contributed by atoms with E-state index in [4.69, 9.17) is 10.5 Å². The molecule has 0 fully saturated rings. The molecule has 0 aliphatic carbocycles. The van der Waals surface area contributed by atoms with Gasteiger partial charge in [-0.3, -0.25) is 0 Å². The molecule has 0 spiro atoms. The SMILES string of the molecule is COc1ccccc1NC(C)c1ccc(NC(N)=O)cc1. The zero-order chi connectivity index (χ0) is 15.2. The van der Waals surface area contributed by atoms with Crippen LogP contribution in [-0.2, 0) is 0 Å². The number of para-hydroxylation sites is 2. The highest BCUT2D eigenvalue weighted by atomic mass is 16.5. The van der Waals surface area contributed by atoms with E-state index in [2.05, 4.69) is 17.6 Å². The number of nitrogens with two attached hydrogens (primary N) is 1. The topological polar surface area (TPSA) is 76.4 Å². The number of hydrogen-bond donors (Lipinski definition) is 3. The van der Waals surface area contributed by atoms with Gasteiger partial charge in [0.2, 0.25) is 0 Å². The first-order chi connectivity index (χ1) is 10.1. The molecule has 110 valence electrons. The molecular formula is C16H19N3O2. The van der Waals surface area contributed by atoms with Crippen molar-refractivity contribution in [1.82, 2.24) is 0 Å². The lowest BCUT2D eigenvalue weighted by atomic mass is 10.1. The fraction of sp³-hybridized carbons (Fsp3) is 0.188. The Labute approximate surface area is 124 Å². The van der Waals surface area contributed by atoms with Crippen molar-refractivity contribution in [1.29, 1.82) is 0 Å². The van der Waals surface area contributed by atoms with Crippen molar-refractivity contribution in [3.8, 4) is 5.75 Å². The Balaban J connectivity index is 2.09. The smallest absolute Gasteiger partial charge is 0.316 e. The largest absolute Gasteiger partial charge is 0.495 e. The summed E-state index contributed by atoms with van der Waals surface area (Å²) in [7, 11) is 1.65. The molecule has 5 nitrogen and oxygen atoms in total. The van der Waals surface area contributed by atoms with E-state index in [0.717, 1.165) is 17.0 Å². The average Bonchev–Trinajstić information content (AvgIpc) is 2.48. The van der Waals surface area contributed by atoms with Crippen molar-refractivity contribution >= 4 is 17.4 Å². The monoisotopic (exact) mass is 285 g/mol. The molecule has 0 radical (unpaired) electrons. The summed E-state index contributed by atoms with van der Waals surface area (Å²) >= 11 is 0. The predicted molar refractivity (Wildman–Crippen MR) is 84.7 cm³/mol. The molecule has 0 saturated carbocycles. The van der Waals surface area contributed by atoms with Crippen LogP contribution in [0.2, 0.25) is 0 Å². The number of carbonyl (C=O) groups excluding carboxylic acids is 1. The second-order valence-electron chi connectivity index (χ2n) is 4.68. The van der Waals surface area contributed by atoms with Gasteiger partial charge in [-0.1, -0.05) is 24.3 Å². The van der Waals surface area contributed by atoms with Crippen LogP contribution in [-0.4, -0.2) is 13.1 Å². The summed E-state index contributed by atoms with van der Waals surface area (Å²) in [5, 5.41) is 5.94. The van der Waals surface area contributed by atoms with E-state index in [-0.39, 0.29) is 6.04 Å². The number of carbonyl (C=O) groups is 1. The maximum atomic E-state index is 10.8. The quantitative estimate of drug-likeness (QED) is 0.788. The standard InChI is InChI=1S/C16H19N3O2/c1-11(18-14-5-3-4-6-15(14)21-2)12-7-9-13(10-8-12)19-16(17)20/h3-11,18H,1-2H3,(H3,17,19,20). The van der Waals surface area contributed by atoms with E-state index in [0.29, 0.717) is 5.69 Å². The Morgan fingerprint density at radius 1 is 1.14 bits per heavy atom. The summed E-state index contributed by atoms with van der Waals surface area (Å²) in [6, 6.07) is 14.8. The van der Waals surface area contributed by atoms with Crippen LogP contribution in [0.25, 0.3) is 0 Å². The molecule has 2 aromatic rings. The average molecular weight is 285 g/mol. The van der Waals surface area contributed by atoms with Gasteiger partial charge in [-0.05, 0) is 36.8 Å². The fourth-order valence-corrected chi connectivity index (χ4v) is 2.08. The van der Waals surface area contributed by atoms with Crippen molar-refractivity contribution in [3.63, 3.8) is 0 Å². The lowest BCUT2D eigenvalue weighted by molar-refractivity contribution is 0.259. The third-order valence-corrected chi connectivity index (χ3v) is 3.16. The molecule has 0 aliphatic rings. The van der Waals surface area contributed by atoms with Gasteiger partial charge in [-0.2, -0.15) is 0 Å². The van der Waals surface area contributed by atoms with E-state index in [1.54, 1.807) is 7.11 Å². The minimum atomic E-state index is -0.567. The summed E-state index contributed by atoms with van der Waals surface area (Å²) in [6.45, 7) is 2.06. The van der Waals surface area contributed by atoms with Gasteiger partial charge >= 0.3 is 6.03 Å². The minimum Gasteiger partial charge on any atom is -0.495 e. The maximum absolute atomic E-state index is 10.8. The van der Waals surface area contributed by atoms with Crippen molar-refractivity contribution in [2.45, 2.75) is 13.0 Å². The third kappa shape index (κ3) is 3.89. The van der Waals surface area contributed by atoms with Crippen LogP contribution in [0.1, 0.15) is 18.5 Å². The molecule has 21 heavy (non-hydrogen) atoms. The Kier molecular flexibility index (Phi) is 4.66. The summed E-state index contributed by atoms with van der Waals surface area (Å²) in [6.07, 6.45) is 0. The minimum absolute atomic E-state index is 0.101. The zero-order valence-corrected chi connectivity index (χ0v) is 12.1. The highest BCUT2D eigenvalue weighted by Gasteiger charge is 2.08. The molecule has 2 amide bonds. The third-order valence-electron chi connectivity index (χ3n) is 3.16. The van der Waals surface area contributed by atoms with Crippen molar-refractivity contribution in [2.24, 2.45) is 5.73 Å². The highest BCUT2D eigenvalue weighted by Crippen LogP contribution is 2.28. The number of rotatable bonds is 5. The van der Waals surface area contributed by atoms with Gasteiger partial charge in [0.05, 0.1) is 12.8 Å². The van der Waals surface area contributed by atoms with Gasteiger partial charge in [0, 0.05) is 11.7 Å². The summed E-state index contributed by atoms with van der Waals surface area (Å²) in [5.74, 6) is 0.802. The van der Waals surface area contributed by atoms with E-state index in [9.17, 15) is 4.79 Å². The molecule has 2 rings (SSSR count). The van der Waals surface area contributed by atoms with E-state index < -0.39 is 6.03 Å². The molecule has 0 bridgehead atoms. The Morgan fingerprint density at radius 2 is 1.81 bits per heavy atom. The highest BCUT2D eigenvalue weighted by molar-refractivity contribution is 5.87. The normalized spacial score (nSPS) is 11.5. The number of hydrogen-bond acceptors (Lipinski definition) is 3. The number of methoxy groups -OCH3 is 1. The van der Waals surface area contributed by atoms with Gasteiger partial charge in [0.25, 0.3) is 0 Å². The van der Waals surface area contributed by atoms with Crippen LogP contribution < -0.4 is 21.1 Å². The summed E-state index contributed by atoms with van der Waals surface area (Å²) in [5.41, 5.74) is 7.79. The van der Waals surface area contributed by atoms with E-state index in [1.165, 1.54) is 0 Å². The van der Waals surface area contributed by atoms with Crippen LogP contribution in [0.3, 0.4) is 0 Å². The lowest BCUT2D eigenvalue weighted by Crippen LogP contribution is -2.19. The van der Waals surface area contributed by atoms with Crippen LogP contribution >= 0.6 is 0 Å². The molecule has 1 atom stereocenters. The molecule has 5 heteroatoms. The first-order valence-corrected chi connectivity index (χ1v) is 6.66. The van der Waals surface area contributed by atoms with Gasteiger partial charge in [0.15, 0.2) is 0 Å². The van der Waals surface area contributed by atoms with Gasteiger partial charge in [-0.15, -0.1) is 0 Å². The van der Waals surface area contributed by atoms with Crippen LogP contribution in [0, 0.1) is 0 Å². The molecular weight excluding hydrogens is 266 g/mol. The number of nitrogens with one attached hydrogen (secondary N) is 2. The maximum Gasteiger partial charge on any atom is 0.316 e. The van der Waals surface area contributed by atoms with Crippen LogP contribution in [0.5, 0.6) is 5.75 Å². The number of primary amides is 1. The summed E-state index contributed by atoms with van der Waals surface area (Å²) < 4.78 is 5.32. The fourth-order valence-electron chi connectivity index (χ4n) is 2.08. The Morgan fingerprint density at radius 3 is 2.43 bits per heavy atom. The first-order valence-electron chi connectivity index (χ1n) is 6.66. The van der Waals surface area contributed by atoms with E-state index in [1.807, 2.05) is 48.5 Å². The number of benzene rings is 2. The number of ether oxygens (including phenoxy) is 1. The molecule has 0 heterocycles. The molecule has 0 saturated heterocycles.